The zero-order valence-electron chi connectivity index (χ0n) is 10.6. The number of carbonyl (C=O) groups is 1. The molecule has 0 fully saturated rings. The van der Waals surface area contributed by atoms with Crippen molar-refractivity contribution in [3.63, 3.8) is 0 Å². The summed E-state index contributed by atoms with van der Waals surface area (Å²) < 4.78 is 10.4. The summed E-state index contributed by atoms with van der Waals surface area (Å²) in [6.45, 7) is 0. The Bertz CT molecular complexity index is 610. The SMILES string of the molecule is COc1ccc(OC)c(-c2cnccc2C(=O)O)c1. The van der Waals surface area contributed by atoms with Crippen LogP contribution in [0.25, 0.3) is 11.1 Å². The number of aromatic carboxylic acids is 1. The lowest BCUT2D eigenvalue weighted by Gasteiger charge is -2.12. The quantitative estimate of drug-likeness (QED) is 0.913. The van der Waals surface area contributed by atoms with Crippen LogP contribution in [0.1, 0.15) is 10.4 Å². The van der Waals surface area contributed by atoms with Crippen molar-refractivity contribution in [2.45, 2.75) is 0 Å². The van der Waals surface area contributed by atoms with Crippen LogP contribution in [0.5, 0.6) is 11.5 Å². The zero-order chi connectivity index (χ0) is 13.8. The van der Waals surface area contributed by atoms with Crippen LogP contribution in [0.3, 0.4) is 0 Å². The number of pyridine rings is 1. The summed E-state index contributed by atoms with van der Waals surface area (Å²) >= 11 is 0. The van der Waals surface area contributed by atoms with E-state index in [9.17, 15) is 9.90 Å². The smallest absolute Gasteiger partial charge is 0.336 e. The van der Waals surface area contributed by atoms with Crippen LogP contribution < -0.4 is 9.47 Å². The van der Waals surface area contributed by atoms with Crippen molar-refractivity contribution in [1.82, 2.24) is 4.98 Å². The second-order valence-corrected chi connectivity index (χ2v) is 3.79. The Morgan fingerprint density at radius 1 is 1.16 bits per heavy atom. The van der Waals surface area contributed by atoms with Gasteiger partial charge in [0.05, 0.1) is 19.8 Å². The number of carboxylic acid groups (broad SMARTS) is 1. The largest absolute Gasteiger partial charge is 0.497 e. The van der Waals surface area contributed by atoms with Crippen LogP contribution in [0.2, 0.25) is 0 Å². The lowest BCUT2D eigenvalue weighted by atomic mass is 10.0. The van der Waals surface area contributed by atoms with Crippen LogP contribution >= 0.6 is 0 Å². The summed E-state index contributed by atoms with van der Waals surface area (Å²) in [6.07, 6.45) is 2.94. The molecule has 2 rings (SSSR count). The van der Waals surface area contributed by atoms with E-state index >= 15 is 0 Å². The Morgan fingerprint density at radius 3 is 2.58 bits per heavy atom. The van der Waals surface area contributed by atoms with Gasteiger partial charge in [-0.3, -0.25) is 4.98 Å². The summed E-state index contributed by atoms with van der Waals surface area (Å²) in [7, 11) is 3.08. The maximum atomic E-state index is 11.2. The minimum absolute atomic E-state index is 0.168. The number of carboxylic acids is 1. The Morgan fingerprint density at radius 2 is 1.95 bits per heavy atom. The fourth-order valence-electron chi connectivity index (χ4n) is 1.82. The average Bonchev–Trinajstić information content (AvgIpc) is 2.46. The first-order valence-electron chi connectivity index (χ1n) is 5.57. The third-order valence-corrected chi connectivity index (χ3v) is 2.75. The van der Waals surface area contributed by atoms with Crippen molar-refractivity contribution >= 4 is 5.97 Å². The number of ether oxygens (including phenoxy) is 2. The molecule has 5 nitrogen and oxygen atoms in total. The second-order valence-electron chi connectivity index (χ2n) is 3.79. The average molecular weight is 259 g/mol. The topological polar surface area (TPSA) is 68.7 Å². The van der Waals surface area contributed by atoms with Crippen molar-refractivity contribution < 1.29 is 19.4 Å². The molecule has 0 unspecified atom stereocenters. The summed E-state index contributed by atoms with van der Waals surface area (Å²) in [6, 6.07) is 6.66. The van der Waals surface area contributed by atoms with E-state index in [4.69, 9.17) is 9.47 Å². The van der Waals surface area contributed by atoms with Gasteiger partial charge in [-0.2, -0.15) is 0 Å². The van der Waals surface area contributed by atoms with Gasteiger partial charge >= 0.3 is 5.97 Å². The van der Waals surface area contributed by atoms with Crippen molar-refractivity contribution in [1.29, 1.82) is 0 Å². The molecule has 98 valence electrons. The lowest BCUT2D eigenvalue weighted by Crippen LogP contribution is -2.01. The van der Waals surface area contributed by atoms with Gasteiger partial charge in [0.2, 0.25) is 0 Å². The molecule has 0 saturated heterocycles. The fourth-order valence-corrected chi connectivity index (χ4v) is 1.82. The molecule has 0 radical (unpaired) electrons. The number of hydrogen-bond donors (Lipinski definition) is 1. The molecule has 0 aliphatic heterocycles. The number of rotatable bonds is 4. The van der Waals surface area contributed by atoms with E-state index in [1.165, 1.54) is 25.6 Å². The Hall–Kier alpha value is -2.56. The molecule has 1 aromatic heterocycles. The molecular formula is C14H13NO4. The van der Waals surface area contributed by atoms with Crippen LogP contribution in [-0.4, -0.2) is 30.3 Å². The van der Waals surface area contributed by atoms with Crippen LogP contribution in [0.4, 0.5) is 0 Å². The number of methoxy groups -OCH3 is 2. The van der Waals surface area contributed by atoms with Gasteiger partial charge in [0, 0.05) is 23.5 Å². The molecule has 0 spiro atoms. The van der Waals surface area contributed by atoms with E-state index in [2.05, 4.69) is 4.98 Å². The predicted molar refractivity (Wildman–Crippen MR) is 69.7 cm³/mol. The highest BCUT2D eigenvalue weighted by Crippen LogP contribution is 2.34. The third-order valence-electron chi connectivity index (χ3n) is 2.75. The molecule has 0 bridgehead atoms. The van der Waals surface area contributed by atoms with E-state index in [-0.39, 0.29) is 5.56 Å². The monoisotopic (exact) mass is 259 g/mol. The van der Waals surface area contributed by atoms with Gasteiger partial charge in [0.25, 0.3) is 0 Å². The van der Waals surface area contributed by atoms with Gasteiger partial charge in [0.1, 0.15) is 11.5 Å². The maximum Gasteiger partial charge on any atom is 0.336 e. The molecule has 0 aliphatic rings. The van der Waals surface area contributed by atoms with Crippen molar-refractivity contribution in [3.05, 3.63) is 42.2 Å². The van der Waals surface area contributed by atoms with Gasteiger partial charge in [-0.05, 0) is 24.3 Å². The second kappa shape index (κ2) is 5.39. The first-order chi connectivity index (χ1) is 9.17. The Balaban J connectivity index is 2.66. The summed E-state index contributed by atoms with van der Waals surface area (Å²) in [5, 5.41) is 9.22. The standard InChI is InChI=1S/C14H13NO4/c1-18-9-3-4-13(19-2)11(7-9)12-8-15-6-5-10(12)14(16)17/h3-8H,1-2H3,(H,16,17). The lowest BCUT2D eigenvalue weighted by molar-refractivity contribution is 0.0697. The van der Waals surface area contributed by atoms with E-state index in [1.807, 2.05) is 0 Å². The van der Waals surface area contributed by atoms with Gasteiger partial charge in [-0.25, -0.2) is 4.79 Å². The molecule has 1 heterocycles. The Labute approximate surface area is 110 Å². The zero-order valence-corrected chi connectivity index (χ0v) is 10.6. The van der Waals surface area contributed by atoms with Crippen LogP contribution in [0, 0.1) is 0 Å². The molecule has 0 amide bonds. The molecule has 5 heteroatoms. The summed E-state index contributed by atoms with van der Waals surface area (Å²) in [5.41, 5.74) is 1.29. The molecule has 1 N–H and O–H groups in total. The van der Waals surface area contributed by atoms with Gasteiger partial charge < -0.3 is 14.6 Å². The molecule has 0 atom stereocenters. The molecular weight excluding hydrogens is 246 g/mol. The minimum Gasteiger partial charge on any atom is -0.497 e. The number of aromatic nitrogens is 1. The van der Waals surface area contributed by atoms with E-state index in [1.54, 1.807) is 25.3 Å². The normalized spacial score (nSPS) is 10.0. The number of benzene rings is 1. The highest BCUT2D eigenvalue weighted by atomic mass is 16.5. The molecule has 0 saturated carbocycles. The molecule has 2 aromatic rings. The first-order valence-corrected chi connectivity index (χ1v) is 5.57. The van der Waals surface area contributed by atoms with Gasteiger partial charge in [-0.15, -0.1) is 0 Å². The maximum absolute atomic E-state index is 11.2. The van der Waals surface area contributed by atoms with Crippen molar-refractivity contribution in [2.24, 2.45) is 0 Å². The predicted octanol–water partition coefficient (Wildman–Crippen LogP) is 2.46. The fraction of sp³-hybridized carbons (Fsp3) is 0.143. The van der Waals surface area contributed by atoms with Gasteiger partial charge in [0.15, 0.2) is 0 Å². The minimum atomic E-state index is -1.01. The summed E-state index contributed by atoms with van der Waals surface area (Å²) in [5.74, 6) is 0.176. The van der Waals surface area contributed by atoms with E-state index in [0.29, 0.717) is 22.6 Å². The highest BCUT2D eigenvalue weighted by molar-refractivity contribution is 5.96. The van der Waals surface area contributed by atoms with Crippen LogP contribution in [0.15, 0.2) is 36.7 Å². The molecule has 1 aromatic carbocycles. The number of hydrogen-bond acceptors (Lipinski definition) is 4. The third kappa shape index (κ3) is 2.49. The molecule has 0 aliphatic carbocycles. The summed E-state index contributed by atoms with van der Waals surface area (Å²) in [4.78, 5) is 15.2. The Kier molecular flexibility index (Phi) is 3.66. The van der Waals surface area contributed by atoms with E-state index in [0.717, 1.165) is 0 Å². The highest BCUT2D eigenvalue weighted by Gasteiger charge is 2.15. The molecule has 19 heavy (non-hydrogen) atoms. The first kappa shape index (κ1) is 12.9. The van der Waals surface area contributed by atoms with Crippen molar-refractivity contribution in [2.75, 3.05) is 14.2 Å². The van der Waals surface area contributed by atoms with Crippen LogP contribution in [-0.2, 0) is 0 Å². The van der Waals surface area contributed by atoms with Gasteiger partial charge in [-0.1, -0.05) is 0 Å². The van der Waals surface area contributed by atoms with E-state index < -0.39 is 5.97 Å². The van der Waals surface area contributed by atoms with Crippen molar-refractivity contribution in [3.8, 4) is 22.6 Å². The number of nitrogens with zero attached hydrogens (tertiary/aromatic N) is 1.